The average molecular weight is 197 g/mol. The molecule has 0 aromatic carbocycles. The van der Waals surface area contributed by atoms with Gasteiger partial charge in [0.1, 0.15) is 11.7 Å². The van der Waals surface area contributed by atoms with Gasteiger partial charge in [-0.15, -0.1) is 23.2 Å². The Morgan fingerprint density at radius 1 is 1.45 bits per heavy atom. The van der Waals surface area contributed by atoms with Crippen LogP contribution in [0.25, 0.3) is 0 Å². The number of piperidine rings is 1. The van der Waals surface area contributed by atoms with E-state index < -0.39 is 23.1 Å². The summed E-state index contributed by atoms with van der Waals surface area (Å²) in [6.45, 7) is 0. The molecule has 4 atom stereocenters. The van der Waals surface area contributed by atoms with Crippen molar-refractivity contribution in [2.45, 2.75) is 23.6 Å². The Bertz CT molecular complexity index is 182. The van der Waals surface area contributed by atoms with Gasteiger partial charge in [-0.25, -0.2) is 4.39 Å². The van der Waals surface area contributed by atoms with Crippen molar-refractivity contribution in [3.05, 3.63) is 0 Å². The lowest BCUT2D eigenvalue weighted by atomic mass is 10.00. The summed E-state index contributed by atoms with van der Waals surface area (Å²) in [6, 6.07) is 1.91. The number of hydrogen-bond donors (Lipinski definition) is 1. The van der Waals surface area contributed by atoms with E-state index in [1.54, 1.807) is 0 Å². The number of nitrogens with one attached hydrogen (secondary N) is 1. The molecule has 1 fully saturated rings. The van der Waals surface area contributed by atoms with E-state index in [4.69, 9.17) is 28.5 Å². The molecule has 0 spiro atoms. The van der Waals surface area contributed by atoms with E-state index in [9.17, 15) is 4.39 Å². The SMILES string of the molecule is N#CC1CC(F)C(Cl)NC1Cl. The number of nitriles is 1. The molecule has 0 aromatic rings. The summed E-state index contributed by atoms with van der Waals surface area (Å²) in [7, 11) is 0. The van der Waals surface area contributed by atoms with Gasteiger partial charge in [0.2, 0.25) is 0 Å². The predicted molar refractivity (Wildman–Crippen MR) is 41.0 cm³/mol. The van der Waals surface area contributed by atoms with Crippen LogP contribution >= 0.6 is 23.2 Å². The smallest absolute Gasteiger partial charge is 0.131 e. The molecule has 62 valence electrons. The van der Waals surface area contributed by atoms with Crippen LogP contribution in [-0.2, 0) is 0 Å². The number of halogens is 3. The minimum absolute atomic E-state index is 0.117. The third-order valence-electron chi connectivity index (χ3n) is 1.63. The van der Waals surface area contributed by atoms with Crippen molar-refractivity contribution in [1.29, 1.82) is 5.26 Å². The molecule has 1 aliphatic rings. The van der Waals surface area contributed by atoms with Gasteiger partial charge < -0.3 is 0 Å². The zero-order valence-electron chi connectivity index (χ0n) is 5.60. The van der Waals surface area contributed by atoms with Gasteiger partial charge in [0, 0.05) is 0 Å². The molecule has 0 radical (unpaired) electrons. The molecular formula is C6H7Cl2FN2. The zero-order chi connectivity index (χ0) is 8.43. The highest BCUT2D eigenvalue weighted by Gasteiger charge is 2.34. The van der Waals surface area contributed by atoms with Gasteiger partial charge in [-0.2, -0.15) is 5.26 Å². The highest BCUT2D eigenvalue weighted by atomic mass is 35.5. The van der Waals surface area contributed by atoms with E-state index in [0.29, 0.717) is 0 Å². The second-order valence-electron chi connectivity index (χ2n) is 2.46. The van der Waals surface area contributed by atoms with Crippen LogP contribution < -0.4 is 5.32 Å². The largest absolute Gasteiger partial charge is 0.282 e. The highest BCUT2D eigenvalue weighted by molar-refractivity contribution is 6.23. The molecule has 5 heteroatoms. The van der Waals surface area contributed by atoms with E-state index in [1.165, 1.54) is 0 Å². The molecule has 1 heterocycles. The Labute approximate surface area is 74.3 Å². The first-order chi connectivity index (χ1) is 5.15. The standard InChI is InChI=1S/C6H7Cl2FN2/c7-5-3(2-10)1-4(9)6(8)11-5/h3-6,11H,1H2. The predicted octanol–water partition coefficient (Wildman–Crippen LogP) is 1.59. The fourth-order valence-electron chi connectivity index (χ4n) is 0.972. The van der Waals surface area contributed by atoms with E-state index >= 15 is 0 Å². The molecule has 11 heavy (non-hydrogen) atoms. The van der Waals surface area contributed by atoms with Gasteiger partial charge >= 0.3 is 0 Å². The first kappa shape index (κ1) is 9.05. The summed E-state index contributed by atoms with van der Waals surface area (Å²) in [5, 5.41) is 11.0. The molecule has 0 aromatic heterocycles. The summed E-state index contributed by atoms with van der Waals surface area (Å²) in [6.07, 6.45) is -1.07. The van der Waals surface area contributed by atoms with Crippen molar-refractivity contribution in [3.8, 4) is 6.07 Å². The van der Waals surface area contributed by atoms with Gasteiger partial charge in [-0.3, -0.25) is 5.32 Å². The van der Waals surface area contributed by atoms with Crippen molar-refractivity contribution in [2.75, 3.05) is 0 Å². The first-order valence-corrected chi connectivity index (χ1v) is 4.10. The van der Waals surface area contributed by atoms with Crippen molar-refractivity contribution in [1.82, 2.24) is 5.32 Å². The summed E-state index contributed by atoms with van der Waals surface area (Å²) in [5.74, 6) is -0.485. The topological polar surface area (TPSA) is 35.8 Å². The lowest BCUT2D eigenvalue weighted by Gasteiger charge is -2.29. The van der Waals surface area contributed by atoms with E-state index in [-0.39, 0.29) is 6.42 Å². The molecule has 4 unspecified atom stereocenters. The highest BCUT2D eigenvalue weighted by Crippen LogP contribution is 2.25. The minimum Gasteiger partial charge on any atom is -0.282 e. The summed E-state index contributed by atoms with van der Waals surface area (Å²) >= 11 is 11.2. The van der Waals surface area contributed by atoms with E-state index in [0.717, 1.165) is 0 Å². The summed E-state index contributed by atoms with van der Waals surface area (Å²) in [4.78, 5) is 0. The number of hydrogen-bond acceptors (Lipinski definition) is 2. The van der Waals surface area contributed by atoms with Gasteiger partial charge in [-0.1, -0.05) is 0 Å². The Kier molecular flexibility index (Phi) is 2.94. The second-order valence-corrected chi connectivity index (χ2v) is 3.40. The molecule has 0 saturated carbocycles. The third-order valence-corrected chi connectivity index (χ3v) is 2.46. The van der Waals surface area contributed by atoms with Crippen molar-refractivity contribution >= 4 is 23.2 Å². The Balaban J connectivity index is 2.56. The Morgan fingerprint density at radius 2 is 2.09 bits per heavy atom. The van der Waals surface area contributed by atoms with Gasteiger partial charge in [-0.05, 0) is 6.42 Å². The zero-order valence-corrected chi connectivity index (χ0v) is 7.11. The summed E-state index contributed by atoms with van der Waals surface area (Å²) in [5.41, 5.74) is -1.29. The van der Waals surface area contributed by atoms with Crippen LogP contribution in [0.1, 0.15) is 6.42 Å². The van der Waals surface area contributed by atoms with Gasteiger partial charge in [0.05, 0.1) is 17.5 Å². The second kappa shape index (κ2) is 3.57. The molecular weight excluding hydrogens is 190 g/mol. The van der Waals surface area contributed by atoms with Crippen LogP contribution in [0.5, 0.6) is 0 Å². The molecule has 1 aliphatic heterocycles. The fraction of sp³-hybridized carbons (Fsp3) is 0.833. The van der Waals surface area contributed by atoms with Gasteiger partial charge in [0.25, 0.3) is 0 Å². The van der Waals surface area contributed by atoms with Crippen molar-refractivity contribution in [2.24, 2.45) is 5.92 Å². The van der Waals surface area contributed by atoms with Crippen molar-refractivity contribution < 1.29 is 4.39 Å². The lowest BCUT2D eigenvalue weighted by Crippen LogP contribution is -2.47. The molecule has 1 rings (SSSR count). The third kappa shape index (κ3) is 1.96. The van der Waals surface area contributed by atoms with Gasteiger partial charge in [0.15, 0.2) is 0 Å². The quantitative estimate of drug-likeness (QED) is 0.472. The number of rotatable bonds is 0. The number of nitrogens with zero attached hydrogens (tertiary/aromatic N) is 1. The molecule has 0 bridgehead atoms. The normalized spacial score (nSPS) is 44.9. The minimum atomic E-state index is -1.18. The summed E-state index contributed by atoms with van der Waals surface area (Å²) < 4.78 is 12.8. The van der Waals surface area contributed by atoms with Crippen LogP contribution in [0.3, 0.4) is 0 Å². The maximum Gasteiger partial charge on any atom is 0.131 e. The average Bonchev–Trinajstić information content (AvgIpc) is 1.97. The van der Waals surface area contributed by atoms with E-state index in [1.807, 2.05) is 6.07 Å². The monoisotopic (exact) mass is 196 g/mol. The van der Waals surface area contributed by atoms with Crippen LogP contribution in [0.15, 0.2) is 0 Å². The van der Waals surface area contributed by atoms with Crippen LogP contribution in [0.4, 0.5) is 4.39 Å². The maximum atomic E-state index is 12.8. The van der Waals surface area contributed by atoms with Crippen molar-refractivity contribution in [3.63, 3.8) is 0 Å². The molecule has 1 saturated heterocycles. The van der Waals surface area contributed by atoms with E-state index in [2.05, 4.69) is 5.32 Å². The molecule has 0 amide bonds. The fourth-order valence-corrected chi connectivity index (χ4v) is 1.57. The van der Waals surface area contributed by atoms with Crippen LogP contribution in [0.2, 0.25) is 0 Å². The number of alkyl halides is 3. The van der Waals surface area contributed by atoms with Crippen LogP contribution in [0, 0.1) is 17.2 Å². The molecule has 2 nitrogen and oxygen atoms in total. The first-order valence-electron chi connectivity index (χ1n) is 3.23. The Morgan fingerprint density at radius 3 is 2.64 bits per heavy atom. The molecule has 0 aliphatic carbocycles. The maximum absolute atomic E-state index is 12.8. The Hall–Kier alpha value is -0.0400. The van der Waals surface area contributed by atoms with Crippen LogP contribution in [-0.4, -0.2) is 17.2 Å². The molecule has 1 N–H and O–H groups in total. The lowest BCUT2D eigenvalue weighted by molar-refractivity contribution is 0.207.